The van der Waals surface area contributed by atoms with Crippen molar-refractivity contribution in [2.75, 3.05) is 25.0 Å². The minimum Gasteiger partial charge on any atom is -0.370 e. The van der Waals surface area contributed by atoms with Crippen molar-refractivity contribution in [3.63, 3.8) is 0 Å². The summed E-state index contributed by atoms with van der Waals surface area (Å²) in [6, 6.07) is 9.22. The molecule has 4 heteroatoms. The molecule has 0 aliphatic carbocycles. The maximum absolute atomic E-state index is 5.25. The van der Waals surface area contributed by atoms with E-state index in [0.717, 1.165) is 25.9 Å². The molecule has 4 nitrogen and oxygen atoms in total. The summed E-state index contributed by atoms with van der Waals surface area (Å²) in [6.07, 6.45) is 8.57. The zero-order valence-electron chi connectivity index (χ0n) is 16.3. The fourth-order valence-electron chi connectivity index (χ4n) is 4.67. The lowest BCUT2D eigenvalue weighted by atomic mass is 9.95. The zero-order valence-corrected chi connectivity index (χ0v) is 16.3. The van der Waals surface area contributed by atoms with E-state index >= 15 is 0 Å². The maximum atomic E-state index is 5.25. The Balaban J connectivity index is 1.84. The quantitative estimate of drug-likeness (QED) is 0.863. The molecule has 4 rings (SSSR count). The van der Waals surface area contributed by atoms with Crippen molar-refractivity contribution in [3.05, 3.63) is 41.1 Å². The summed E-state index contributed by atoms with van der Waals surface area (Å²) < 4.78 is 2.22. The van der Waals surface area contributed by atoms with Gasteiger partial charge in [0.15, 0.2) is 0 Å². The number of benzene rings is 1. The predicted octanol–water partition coefficient (Wildman–Crippen LogP) is 4.73. The molecule has 1 atom stereocenters. The zero-order chi connectivity index (χ0) is 17.9. The number of nitrogens with zero attached hydrogens (tertiary/aromatic N) is 3. The standard InChI is InChI=1S/C22H32N4/c1-3-17-11-5-6-13-19(17)26-22-18(12-7-9-15-23-22)21(24-26)20-14-8-10-16-25(20)4-2/h5-6,11,13,20,23H,3-4,7-10,12,14-16H2,1-2H3. The summed E-state index contributed by atoms with van der Waals surface area (Å²) in [6.45, 7) is 7.90. The average Bonchev–Trinajstić information content (AvgIpc) is 2.88. The molecule has 2 aliphatic rings. The highest BCUT2D eigenvalue weighted by atomic mass is 15.4. The number of aromatic nitrogens is 2. The van der Waals surface area contributed by atoms with E-state index in [-0.39, 0.29) is 0 Å². The summed E-state index contributed by atoms with van der Waals surface area (Å²) in [7, 11) is 0. The number of likely N-dealkylation sites (tertiary alicyclic amines) is 1. The minimum atomic E-state index is 0.484. The van der Waals surface area contributed by atoms with E-state index in [1.54, 1.807) is 0 Å². The van der Waals surface area contributed by atoms with E-state index in [0.29, 0.717) is 6.04 Å². The highest BCUT2D eigenvalue weighted by Gasteiger charge is 2.31. The summed E-state index contributed by atoms with van der Waals surface area (Å²) in [4.78, 5) is 2.63. The van der Waals surface area contributed by atoms with Crippen molar-refractivity contribution in [2.45, 2.75) is 64.8 Å². The van der Waals surface area contributed by atoms with Crippen molar-refractivity contribution in [3.8, 4) is 5.69 Å². The average molecular weight is 353 g/mol. The first kappa shape index (κ1) is 17.6. The molecule has 0 saturated carbocycles. The van der Waals surface area contributed by atoms with Crippen molar-refractivity contribution >= 4 is 5.82 Å². The first-order valence-electron chi connectivity index (χ1n) is 10.5. The maximum Gasteiger partial charge on any atom is 0.133 e. The van der Waals surface area contributed by atoms with Crippen LogP contribution in [-0.2, 0) is 12.8 Å². The molecule has 3 heterocycles. The largest absolute Gasteiger partial charge is 0.370 e. The lowest BCUT2D eigenvalue weighted by Gasteiger charge is -2.34. The predicted molar refractivity (Wildman–Crippen MR) is 108 cm³/mol. The van der Waals surface area contributed by atoms with Crippen molar-refractivity contribution in [2.24, 2.45) is 0 Å². The second-order valence-corrected chi connectivity index (χ2v) is 7.63. The summed E-state index contributed by atoms with van der Waals surface area (Å²) in [5.74, 6) is 1.25. The number of aryl methyl sites for hydroxylation is 1. The van der Waals surface area contributed by atoms with E-state index in [2.05, 4.69) is 53.0 Å². The van der Waals surface area contributed by atoms with Gasteiger partial charge in [0.1, 0.15) is 5.82 Å². The van der Waals surface area contributed by atoms with Crippen molar-refractivity contribution < 1.29 is 0 Å². The van der Waals surface area contributed by atoms with Crippen molar-refractivity contribution in [1.29, 1.82) is 0 Å². The van der Waals surface area contributed by atoms with Crippen LogP contribution in [0.1, 0.15) is 68.8 Å². The number of nitrogens with one attached hydrogen (secondary N) is 1. The number of hydrogen-bond acceptors (Lipinski definition) is 3. The molecule has 0 spiro atoms. The molecule has 2 aliphatic heterocycles. The second-order valence-electron chi connectivity index (χ2n) is 7.63. The van der Waals surface area contributed by atoms with Crippen LogP contribution >= 0.6 is 0 Å². The van der Waals surface area contributed by atoms with Gasteiger partial charge < -0.3 is 5.32 Å². The number of piperidine rings is 1. The van der Waals surface area contributed by atoms with Gasteiger partial charge in [0.25, 0.3) is 0 Å². The summed E-state index contributed by atoms with van der Waals surface area (Å²) >= 11 is 0. The lowest BCUT2D eigenvalue weighted by Crippen LogP contribution is -2.34. The van der Waals surface area contributed by atoms with E-state index in [9.17, 15) is 0 Å². The lowest BCUT2D eigenvalue weighted by molar-refractivity contribution is 0.152. The molecule has 1 saturated heterocycles. The Morgan fingerprint density at radius 3 is 2.85 bits per heavy atom. The Hall–Kier alpha value is -1.81. The normalized spacial score (nSPS) is 21.1. The van der Waals surface area contributed by atoms with Gasteiger partial charge in [0.2, 0.25) is 0 Å². The molecule has 140 valence electrons. The molecule has 1 N–H and O–H groups in total. The topological polar surface area (TPSA) is 33.1 Å². The third-order valence-corrected chi connectivity index (χ3v) is 6.10. The Bertz CT molecular complexity index is 749. The van der Waals surface area contributed by atoms with Gasteiger partial charge in [-0.05, 0) is 63.2 Å². The summed E-state index contributed by atoms with van der Waals surface area (Å²) in [5.41, 5.74) is 5.41. The number of hydrogen-bond donors (Lipinski definition) is 1. The van der Waals surface area contributed by atoms with Crippen LogP contribution < -0.4 is 5.32 Å². The number of para-hydroxylation sites is 1. The van der Waals surface area contributed by atoms with Crippen LogP contribution in [-0.4, -0.2) is 34.3 Å². The van der Waals surface area contributed by atoms with E-state index in [4.69, 9.17) is 5.10 Å². The molecule has 1 unspecified atom stereocenters. The molecule has 1 aromatic carbocycles. The molecule has 26 heavy (non-hydrogen) atoms. The first-order valence-corrected chi connectivity index (χ1v) is 10.5. The van der Waals surface area contributed by atoms with Crippen LogP contribution in [0.4, 0.5) is 5.82 Å². The van der Waals surface area contributed by atoms with E-state index in [1.807, 2.05) is 0 Å². The van der Waals surface area contributed by atoms with Gasteiger partial charge in [-0.1, -0.05) is 38.5 Å². The van der Waals surface area contributed by atoms with Gasteiger partial charge in [-0.3, -0.25) is 4.90 Å². The van der Waals surface area contributed by atoms with Crippen LogP contribution in [0.3, 0.4) is 0 Å². The van der Waals surface area contributed by atoms with Crippen molar-refractivity contribution in [1.82, 2.24) is 14.7 Å². The Morgan fingerprint density at radius 2 is 2.00 bits per heavy atom. The molecule has 0 bridgehead atoms. The van der Waals surface area contributed by atoms with Gasteiger partial charge in [-0.15, -0.1) is 0 Å². The highest BCUT2D eigenvalue weighted by Crippen LogP contribution is 2.37. The van der Waals surface area contributed by atoms with Crippen LogP contribution in [0.5, 0.6) is 0 Å². The molecular weight excluding hydrogens is 320 g/mol. The highest BCUT2D eigenvalue weighted by molar-refractivity contribution is 5.56. The Labute approximate surface area is 157 Å². The van der Waals surface area contributed by atoms with E-state index < -0.39 is 0 Å². The molecule has 1 aromatic heterocycles. The summed E-state index contributed by atoms with van der Waals surface area (Å²) in [5, 5.41) is 8.96. The van der Waals surface area contributed by atoms with Gasteiger partial charge in [-0.25, -0.2) is 4.68 Å². The fraction of sp³-hybridized carbons (Fsp3) is 0.591. The number of rotatable bonds is 4. The molecule has 0 radical (unpaired) electrons. The monoisotopic (exact) mass is 352 g/mol. The van der Waals surface area contributed by atoms with Crippen LogP contribution in [0, 0.1) is 0 Å². The number of fused-ring (bicyclic) bond motifs is 1. The second kappa shape index (κ2) is 7.83. The SMILES string of the molecule is CCc1ccccc1-n1nc(C2CCCCN2CC)c2c1NCCCC2. The number of anilines is 1. The minimum absolute atomic E-state index is 0.484. The van der Waals surface area contributed by atoms with Crippen LogP contribution in [0.25, 0.3) is 5.69 Å². The molecular formula is C22H32N4. The van der Waals surface area contributed by atoms with Gasteiger partial charge in [-0.2, -0.15) is 5.10 Å². The molecule has 1 fully saturated rings. The van der Waals surface area contributed by atoms with E-state index in [1.165, 1.54) is 67.0 Å². The van der Waals surface area contributed by atoms with Gasteiger partial charge in [0, 0.05) is 12.1 Å². The third-order valence-electron chi connectivity index (χ3n) is 6.10. The fourth-order valence-corrected chi connectivity index (χ4v) is 4.67. The van der Waals surface area contributed by atoms with Gasteiger partial charge in [0.05, 0.1) is 17.4 Å². The van der Waals surface area contributed by atoms with Crippen LogP contribution in [0.2, 0.25) is 0 Å². The Morgan fingerprint density at radius 1 is 1.12 bits per heavy atom. The molecule has 0 amide bonds. The van der Waals surface area contributed by atoms with Gasteiger partial charge >= 0.3 is 0 Å². The third kappa shape index (κ3) is 3.16. The first-order chi connectivity index (χ1) is 12.8. The smallest absolute Gasteiger partial charge is 0.133 e. The van der Waals surface area contributed by atoms with Crippen LogP contribution in [0.15, 0.2) is 24.3 Å². The Kier molecular flexibility index (Phi) is 5.30. The molecule has 2 aromatic rings.